The molecule has 0 spiro atoms. The van der Waals surface area contributed by atoms with Crippen LogP contribution in [0.4, 0.5) is 17.3 Å². The van der Waals surface area contributed by atoms with Crippen LogP contribution in [0.5, 0.6) is 0 Å². The fourth-order valence-electron chi connectivity index (χ4n) is 2.47. The summed E-state index contributed by atoms with van der Waals surface area (Å²) < 4.78 is 0. The van der Waals surface area contributed by atoms with Gasteiger partial charge in [-0.3, -0.25) is 4.79 Å². The SMILES string of the molecule is Cc1ccc(Cl)cc1NC(=O)c1ccnc(Nc2cccc(C)c2C)n1. The number of aromatic nitrogens is 2. The van der Waals surface area contributed by atoms with Gasteiger partial charge < -0.3 is 10.6 Å². The molecule has 0 unspecified atom stereocenters. The maximum absolute atomic E-state index is 12.5. The van der Waals surface area contributed by atoms with Crippen molar-refractivity contribution >= 4 is 34.8 Å². The van der Waals surface area contributed by atoms with E-state index in [1.807, 2.05) is 45.0 Å². The van der Waals surface area contributed by atoms with Gasteiger partial charge in [0.05, 0.1) is 0 Å². The molecule has 3 rings (SSSR count). The predicted molar refractivity (Wildman–Crippen MR) is 105 cm³/mol. The molecule has 1 amide bonds. The summed E-state index contributed by atoms with van der Waals surface area (Å²) in [6.45, 7) is 5.97. The molecule has 6 heteroatoms. The molecule has 0 saturated carbocycles. The van der Waals surface area contributed by atoms with E-state index in [4.69, 9.17) is 11.6 Å². The van der Waals surface area contributed by atoms with Crippen molar-refractivity contribution in [3.05, 3.63) is 76.1 Å². The van der Waals surface area contributed by atoms with Crippen LogP contribution in [0.2, 0.25) is 5.02 Å². The Morgan fingerprint density at radius 1 is 1.00 bits per heavy atom. The molecule has 0 atom stereocenters. The summed E-state index contributed by atoms with van der Waals surface area (Å²) in [4.78, 5) is 21.1. The number of hydrogen-bond donors (Lipinski definition) is 2. The predicted octanol–water partition coefficient (Wildman–Crippen LogP) is 5.05. The maximum atomic E-state index is 12.5. The number of rotatable bonds is 4. The van der Waals surface area contributed by atoms with Crippen LogP contribution >= 0.6 is 11.6 Å². The summed E-state index contributed by atoms with van der Waals surface area (Å²) in [5.74, 6) is 0.0518. The maximum Gasteiger partial charge on any atom is 0.274 e. The van der Waals surface area contributed by atoms with E-state index in [2.05, 4.69) is 20.6 Å². The van der Waals surface area contributed by atoms with Crippen LogP contribution in [0.15, 0.2) is 48.7 Å². The Morgan fingerprint density at radius 3 is 2.62 bits per heavy atom. The third-order valence-corrected chi connectivity index (χ3v) is 4.42. The minimum Gasteiger partial charge on any atom is -0.324 e. The van der Waals surface area contributed by atoms with Crippen LogP contribution in [-0.4, -0.2) is 15.9 Å². The largest absolute Gasteiger partial charge is 0.324 e. The number of carbonyl (C=O) groups excluding carboxylic acids is 1. The lowest BCUT2D eigenvalue weighted by Crippen LogP contribution is -2.15. The molecule has 0 saturated heterocycles. The molecule has 132 valence electrons. The molecule has 2 N–H and O–H groups in total. The normalized spacial score (nSPS) is 10.5. The van der Waals surface area contributed by atoms with Gasteiger partial charge in [0.2, 0.25) is 5.95 Å². The van der Waals surface area contributed by atoms with Crippen LogP contribution in [0.25, 0.3) is 0 Å². The zero-order chi connectivity index (χ0) is 18.7. The quantitative estimate of drug-likeness (QED) is 0.678. The fraction of sp³-hybridized carbons (Fsp3) is 0.150. The highest BCUT2D eigenvalue weighted by molar-refractivity contribution is 6.31. The molecule has 1 aromatic heterocycles. The van der Waals surface area contributed by atoms with Gasteiger partial charge in [0, 0.05) is 22.6 Å². The molecule has 0 fully saturated rings. The molecule has 26 heavy (non-hydrogen) atoms. The zero-order valence-corrected chi connectivity index (χ0v) is 15.6. The third kappa shape index (κ3) is 4.00. The van der Waals surface area contributed by atoms with E-state index in [0.717, 1.165) is 16.8 Å². The Hall–Kier alpha value is -2.92. The Morgan fingerprint density at radius 2 is 1.81 bits per heavy atom. The topological polar surface area (TPSA) is 66.9 Å². The van der Waals surface area contributed by atoms with Gasteiger partial charge in [0.1, 0.15) is 5.69 Å². The number of nitrogens with zero attached hydrogens (tertiary/aromatic N) is 2. The first kappa shape index (κ1) is 17.9. The molecule has 0 aliphatic heterocycles. The number of amides is 1. The Bertz CT molecular complexity index is 972. The van der Waals surface area contributed by atoms with E-state index in [1.54, 1.807) is 24.4 Å². The number of benzene rings is 2. The lowest BCUT2D eigenvalue weighted by molar-refractivity contribution is 0.102. The van der Waals surface area contributed by atoms with Gasteiger partial charge in [-0.05, 0) is 61.7 Å². The summed E-state index contributed by atoms with van der Waals surface area (Å²) >= 11 is 6.00. The number of anilines is 3. The highest BCUT2D eigenvalue weighted by Crippen LogP contribution is 2.22. The minimum absolute atomic E-state index is 0.271. The molecule has 0 aliphatic carbocycles. The van der Waals surface area contributed by atoms with Crippen molar-refractivity contribution in [2.24, 2.45) is 0 Å². The summed E-state index contributed by atoms with van der Waals surface area (Å²) in [5, 5.41) is 6.57. The first-order valence-corrected chi connectivity index (χ1v) is 8.55. The number of nitrogens with one attached hydrogen (secondary N) is 2. The monoisotopic (exact) mass is 366 g/mol. The van der Waals surface area contributed by atoms with Gasteiger partial charge in [-0.25, -0.2) is 9.97 Å². The lowest BCUT2D eigenvalue weighted by Gasteiger charge is -2.11. The van der Waals surface area contributed by atoms with Crippen molar-refractivity contribution in [3.8, 4) is 0 Å². The Balaban J connectivity index is 1.81. The van der Waals surface area contributed by atoms with Gasteiger partial charge >= 0.3 is 0 Å². The molecule has 2 aromatic carbocycles. The van der Waals surface area contributed by atoms with Gasteiger partial charge in [0.25, 0.3) is 5.91 Å². The third-order valence-electron chi connectivity index (χ3n) is 4.19. The van der Waals surface area contributed by atoms with E-state index in [0.29, 0.717) is 16.7 Å². The summed E-state index contributed by atoms with van der Waals surface area (Å²) in [6.07, 6.45) is 1.56. The van der Waals surface area contributed by atoms with E-state index in [-0.39, 0.29) is 11.6 Å². The Labute approximate surface area is 157 Å². The zero-order valence-electron chi connectivity index (χ0n) is 14.8. The second-order valence-corrected chi connectivity index (χ2v) is 6.49. The first-order chi connectivity index (χ1) is 12.4. The fourth-order valence-corrected chi connectivity index (χ4v) is 2.64. The highest BCUT2D eigenvalue weighted by Gasteiger charge is 2.12. The van der Waals surface area contributed by atoms with Gasteiger partial charge in [0.15, 0.2) is 0 Å². The standard InChI is InChI=1S/C20H19ClN4O/c1-12-5-4-6-16(14(12)3)24-20-22-10-9-17(25-20)19(26)23-18-11-15(21)8-7-13(18)2/h4-11H,1-3H3,(H,23,26)(H,22,24,25). The molecular weight excluding hydrogens is 348 g/mol. The van der Waals surface area contributed by atoms with E-state index in [1.165, 1.54) is 5.56 Å². The molecule has 1 heterocycles. The van der Waals surface area contributed by atoms with Crippen LogP contribution < -0.4 is 10.6 Å². The van der Waals surface area contributed by atoms with Gasteiger partial charge in [-0.1, -0.05) is 29.8 Å². The molecular formula is C20H19ClN4O. The molecule has 3 aromatic rings. The first-order valence-electron chi connectivity index (χ1n) is 8.18. The Kier molecular flexibility index (Phi) is 5.19. The van der Waals surface area contributed by atoms with Crippen LogP contribution in [0.1, 0.15) is 27.2 Å². The lowest BCUT2D eigenvalue weighted by atomic mass is 10.1. The average Bonchev–Trinajstić information content (AvgIpc) is 2.62. The number of carbonyl (C=O) groups is 1. The van der Waals surface area contributed by atoms with Gasteiger partial charge in [-0.2, -0.15) is 0 Å². The van der Waals surface area contributed by atoms with Crippen molar-refractivity contribution in [2.45, 2.75) is 20.8 Å². The van der Waals surface area contributed by atoms with Crippen molar-refractivity contribution in [3.63, 3.8) is 0 Å². The van der Waals surface area contributed by atoms with Crippen LogP contribution in [-0.2, 0) is 0 Å². The van der Waals surface area contributed by atoms with Gasteiger partial charge in [-0.15, -0.1) is 0 Å². The summed E-state index contributed by atoms with van der Waals surface area (Å²) in [5.41, 5.74) is 5.04. The van der Waals surface area contributed by atoms with Crippen LogP contribution in [0.3, 0.4) is 0 Å². The average molecular weight is 367 g/mol. The summed E-state index contributed by atoms with van der Waals surface area (Å²) in [6, 6.07) is 12.9. The smallest absolute Gasteiger partial charge is 0.274 e. The second kappa shape index (κ2) is 7.54. The number of hydrogen-bond acceptors (Lipinski definition) is 4. The number of halogens is 1. The van der Waals surface area contributed by atoms with E-state index >= 15 is 0 Å². The number of aryl methyl sites for hydroxylation is 2. The van der Waals surface area contributed by atoms with Crippen molar-refractivity contribution in [2.75, 3.05) is 10.6 Å². The molecule has 5 nitrogen and oxygen atoms in total. The van der Waals surface area contributed by atoms with Crippen molar-refractivity contribution < 1.29 is 4.79 Å². The molecule has 0 bridgehead atoms. The molecule has 0 aliphatic rings. The van der Waals surface area contributed by atoms with Crippen molar-refractivity contribution in [1.29, 1.82) is 0 Å². The highest BCUT2D eigenvalue weighted by atomic mass is 35.5. The van der Waals surface area contributed by atoms with E-state index < -0.39 is 0 Å². The second-order valence-electron chi connectivity index (χ2n) is 6.05. The van der Waals surface area contributed by atoms with Crippen LogP contribution in [0, 0.1) is 20.8 Å². The molecule has 0 radical (unpaired) electrons. The van der Waals surface area contributed by atoms with Crippen molar-refractivity contribution in [1.82, 2.24) is 9.97 Å². The minimum atomic E-state index is -0.318. The van der Waals surface area contributed by atoms with E-state index in [9.17, 15) is 4.79 Å². The summed E-state index contributed by atoms with van der Waals surface area (Å²) in [7, 11) is 0.